The van der Waals surface area contributed by atoms with Gasteiger partial charge in [0, 0.05) is 16.7 Å². The molecule has 3 aromatic rings. The van der Waals surface area contributed by atoms with Gasteiger partial charge in [-0.1, -0.05) is 23.7 Å². The summed E-state index contributed by atoms with van der Waals surface area (Å²) in [7, 11) is 1.41. The number of aromatic amines is 1. The largest absolute Gasteiger partial charge is 0.493 e. The van der Waals surface area contributed by atoms with Gasteiger partial charge in [-0.25, -0.2) is 9.59 Å². The fraction of sp³-hybridized carbons (Fsp3) is 0.238. The number of methoxy groups -OCH3 is 1. The van der Waals surface area contributed by atoms with E-state index in [4.69, 9.17) is 25.8 Å². The van der Waals surface area contributed by atoms with E-state index in [9.17, 15) is 14.4 Å². The number of ether oxygens (including phenoxy) is 3. The molecule has 0 aliphatic carbocycles. The third-order valence-corrected chi connectivity index (χ3v) is 4.28. The van der Waals surface area contributed by atoms with Gasteiger partial charge < -0.3 is 19.2 Å². The summed E-state index contributed by atoms with van der Waals surface area (Å²) in [5.74, 6) is -0.176. The van der Waals surface area contributed by atoms with Crippen LogP contribution in [0.2, 0.25) is 5.02 Å². The maximum Gasteiger partial charge on any atom is 0.349 e. The molecule has 0 fully saturated rings. The SMILES string of the molecule is COc1cc(Cl)cc(C=Nn2c(=O)[nH]c3ccccc3c2=O)c1OCC(=O)OC(C)C. The molecule has 0 saturated heterocycles. The molecular weight excluding hydrogens is 426 g/mol. The Labute approximate surface area is 181 Å². The summed E-state index contributed by atoms with van der Waals surface area (Å²) >= 11 is 6.13. The second-order valence-corrected chi connectivity index (χ2v) is 7.13. The minimum absolute atomic E-state index is 0.154. The molecule has 0 bridgehead atoms. The summed E-state index contributed by atoms with van der Waals surface area (Å²) in [6.45, 7) is 3.06. The maximum atomic E-state index is 12.6. The van der Waals surface area contributed by atoms with E-state index in [0.717, 1.165) is 0 Å². The van der Waals surface area contributed by atoms with Crippen molar-refractivity contribution in [2.45, 2.75) is 20.0 Å². The van der Waals surface area contributed by atoms with E-state index < -0.39 is 17.2 Å². The van der Waals surface area contributed by atoms with E-state index >= 15 is 0 Å². The summed E-state index contributed by atoms with van der Waals surface area (Å²) in [5.41, 5.74) is -0.605. The average molecular weight is 446 g/mol. The van der Waals surface area contributed by atoms with Crippen molar-refractivity contribution in [2.75, 3.05) is 13.7 Å². The van der Waals surface area contributed by atoms with Crippen LogP contribution in [0.15, 0.2) is 51.1 Å². The van der Waals surface area contributed by atoms with Gasteiger partial charge in [-0.3, -0.25) is 4.79 Å². The fourth-order valence-corrected chi connectivity index (χ4v) is 3.01. The molecule has 0 aliphatic rings. The molecule has 2 aromatic carbocycles. The number of para-hydroxylation sites is 1. The van der Waals surface area contributed by atoms with E-state index in [-0.39, 0.29) is 24.2 Å². The predicted molar refractivity (Wildman–Crippen MR) is 117 cm³/mol. The van der Waals surface area contributed by atoms with Gasteiger partial charge in [-0.05, 0) is 32.0 Å². The first-order valence-electron chi connectivity index (χ1n) is 9.28. The molecule has 0 unspecified atom stereocenters. The summed E-state index contributed by atoms with van der Waals surface area (Å²) in [6, 6.07) is 9.58. The predicted octanol–water partition coefficient (Wildman–Crippen LogP) is 2.56. The molecule has 0 amide bonds. The highest BCUT2D eigenvalue weighted by Gasteiger charge is 2.15. The topological polar surface area (TPSA) is 112 Å². The highest BCUT2D eigenvalue weighted by atomic mass is 35.5. The maximum absolute atomic E-state index is 12.6. The lowest BCUT2D eigenvalue weighted by atomic mass is 10.2. The first-order valence-corrected chi connectivity index (χ1v) is 9.66. The number of nitrogens with zero attached hydrogens (tertiary/aromatic N) is 2. The zero-order valence-electron chi connectivity index (χ0n) is 17.0. The lowest BCUT2D eigenvalue weighted by Crippen LogP contribution is -2.32. The number of fused-ring (bicyclic) bond motifs is 1. The van der Waals surface area contributed by atoms with Gasteiger partial charge >= 0.3 is 11.7 Å². The zero-order chi connectivity index (χ0) is 22.5. The number of benzene rings is 2. The van der Waals surface area contributed by atoms with Gasteiger partial charge in [-0.2, -0.15) is 5.10 Å². The van der Waals surface area contributed by atoms with E-state index in [2.05, 4.69) is 10.1 Å². The molecule has 3 rings (SSSR count). The lowest BCUT2D eigenvalue weighted by molar-refractivity contribution is -0.149. The molecule has 9 nitrogen and oxygen atoms in total. The van der Waals surface area contributed by atoms with Crippen LogP contribution in [-0.4, -0.2) is 41.7 Å². The number of carbonyl (C=O) groups excluding carboxylic acids is 1. The Morgan fingerprint density at radius 1 is 1.26 bits per heavy atom. The molecule has 1 aromatic heterocycles. The smallest absolute Gasteiger partial charge is 0.349 e. The molecule has 0 spiro atoms. The molecule has 0 radical (unpaired) electrons. The van der Waals surface area contributed by atoms with Crippen LogP contribution in [-0.2, 0) is 9.53 Å². The van der Waals surface area contributed by atoms with Crippen molar-refractivity contribution in [1.82, 2.24) is 9.66 Å². The Morgan fingerprint density at radius 2 is 2.00 bits per heavy atom. The number of H-pyrrole nitrogens is 1. The number of hydrogen-bond acceptors (Lipinski definition) is 7. The zero-order valence-corrected chi connectivity index (χ0v) is 17.8. The molecule has 1 heterocycles. The van der Waals surface area contributed by atoms with Crippen LogP contribution >= 0.6 is 11.6 Å². The summed E-state index contributed by atoms with van der Waals surface area (Å²) < 4.78 is 16.6. The normalized spacial score (nSPS) is 11.3. The van der Waals surface area contributed by atoms with Crippen molar-refractivity contribution in [3.05, 3.63) is 67.8 Å². The number of rotatable bonds is 7. The van der Waals surface area contributed by atoms with E-state index in [1.807, 2.05) is 0 Å². The molecular formula is C21H20ClN3O6. The van der Waals surface area contributed by atoms with Crippen LogP contribution in [0.1, 0.15) is 19.4 Å². The molecule has 162 valence electrons. The highest BCUT2D eigenvalue weighted by molar-refractivity contribution is 6.31. The molecule has 31 heavy (non-hydrogen) atoms. The minimum atomic E-state index is -0.711. The van der Waals surface area contributed by atoms with Crippen LogP contribution in [0.25, 0.3) is 10.9 Å². The standard InChI is InChI=1S/C21H20ClN3O6/c1-12(2)31-18(26)11-30-19-13(8-14(22)9-17(19)29-3)10-23-25-20(27)15-6-4-5-7-16(15)24-21(25)28/h4-10,12H,11H2,1-3H3,(H,24,28). The molecule has 1 N–H and O–H groups in total. The Balaban J connectivity index is 2.01. The van der Waals surface area contributed by atoms with Gasteiger partial charge in [0.25, 0.3) is 5.56 Å². The molecule has 0 saturated carbocycles. The van der Waals surface area contributed by atoms with Crippen LogP contribution < -0.4 is 20.7 Å². The summed E-state index contributed by atoms with van der Waals surface area (Å²) in [5, 5.41) is 4.61. The van der Waals surface area contributed by atoms with Crippen LogP contribution in [0.4, 0.5) is 0 Å². The molecule has 0 aliphatic heterocycles. The van der Waals surface area contributed by atoms with Crippen LogP contribution in [0, 0.1) is 0 Å². The molecule has 10 heteroatoms. The fourth-order valence-electron chi connectivity index (χ4n) is 2.80. The van der Waals surface area contributed by atoms with Crippen molar-refractivity contribution >= 4 is 34.7 Å². The lowest BCUT2D eigenvalue weighted by Gasteiger charge is -2.14. The monoisotopic (exact) mass is 445 g/mol. The van der Waals surface area contributed by atoms with Gasteiger partial charge in [-0.15, -0.1) is 4.68 Å². The van der Waals surface area contributed by atoms with Crippen LogP contribution in [0.5, 0.6) is 11.5 Å². The van der Waals surface area contributed by atoms with Crippen LogP contribution in [0.3, 0.4) is 0 Å². The average Bonchev–Trinajstić information content (AvgIpc) is 2.71. The number of esters is 1. The van der Waals surface area contributed by atoms with E-state index in [0.29, 0.717) is 26.2 Å². The van der Waals surface area contributed by atoms with Crippen molar-refractivity contribution in [3.8, 4) is 11.5 Å². The minimum Gasteiger partial charge on any atom is -0.493 e. The second-order valence-electron chi connectivity index (χ2n) is 6.69. The summed E-state index contributed by atoms with van der Waals surface area (Å²) in [6.07, 6.45) is 0.930. The number of nitrogens with one attached hydrogen (secondary N) is 1. The summed E-state index contributed by atoms with van der Waals surface area (Å²) in [4.78, 5) is 39.4. The van der Waals surface area contributed by atoms with E-state index in [1.54, 1.807) is 38.1 Å². The van der Waals surface area contributed by atoms with E-state index in [1.165, 1.54) is 25.5 Å². The Bertz CT molecular complexity index is 1260. The number of hydrogen-bond donors (Lipinski definition) is 1. The van der Waals surface area contributed by atoms with Crippen molar-refractivity contribution in [2.24, 2.45) is 5.10 Å². The molecule has 0 atom stereocenters. The van der Waals surface area contributed by atoms with Crippen molar-refractivity contribution in [3.63, 3.8) is 0 Å². The highest BCUT2D eigenvalue weighted by Crippen LogP contribution is 2.34. The Kier molecular flexibility index (Phi) is 6.76. The first kappa shape index (κ1) is 22.1. The van der Waals surface area contributed by atoms with Gasteiger partial charge in [0.2, 0.25) is 0 Å². The quantitative estimate of drug-likeness (QED) is 0.442. The Morgan fingerprint density at radius 3 is 2.71 bits per heavy atom. The first-order chi connectivity index (χ1) is 14.8. The van der Waals surface area contributed by atoms with Gasteiger partial charge in [0.1, 0.15) is 0 Å². The number of aromatic nitrogens is 2. The van der Waals surface area contributed by atoms with Crippen molar-refractivity contribution < 1.29 is 19.0 Å². The second kappa shape index (κ2) is 9.48. The van der Waals surface area contributed by atoms with Gasteiger partial charge in [0.15, 0.2) is 18.1 Å². The van der Waals surface area contributed by atoms with Crippen molar-refractivity contribution in [1.29, 1.82) is 0 Å². The van der Waals surface area contributed by atoms with Gasteiger partial charge in [0.05, 0.1) is 30.3 Å². The Hall–Kier alpha value is -3.59. The third kappa shape index (κ3) is 5.13. The number of halogens is 1. The number of carbonyl (C=O) groups is 1. The third-order valence-electron chi connectivity index (χ3n) is 4.07.